The first-order valence-electron chi connectivity index (χ1n) is 6.67. The maximum absolute atomic E-state index is 6.20. The molecule has 1 aromatic carbocycles. The number of ether oxygens (including phenoxy) is 2. The molecule has 4 heteroatoms. The molecule has 0 N–H and O–H groups in total. The van der Waals surface area contributed by atoms with Gasteiger partial charge in [-0.2, -0.15) is 0 Å². The molecule has 2 rings (SSSR count). The third-order valence-corrected chi connectivity index (χ3v) is 3.92. The predicted molar refractivity (Wildman–Crippen MR) is 80.3 cm³/mol. The van der Waals surface area contributed by atoms with Gasteiger partial charge in [-0.05, 0) is 37.6 Å². The van der Waals surface area contributed by atoms with Gasteiger partial charge in [0.1, 0.15) is 5.75 Å². The van der Waals surface area contributed by atoms with Crippen molar-refractivity contribution in [3.8, 4) is 5.75 Å². The summed E-state index contributed by atoms with van der Waals surface area (Å²) in [7, 11) is 3.86. The lowest BCUT2D eigenvalue weighted by Gasteiger charge is -2.32. The maximum atomic E-state index is 6.20. The Morgan fingerprint density at radius 2 is 2.16 bits per heavy atom. The number of rotatable bonds is 3. The van der Waals surface area contributed by atoms with Crippen molar-refractivity contribution in [2.45, 2.75) is 25.4 Å². The molecule has 1 fully saturated rings. The molecule has 1 aromatic rings. The van der Waals surface area contributed by atoms with E-state index in [2.05, 4.69) is 31.0 Å². The smallest absolute Gasteiger partial charge is 0.119 e. The number of halogens is 1. The van der Waals surface area contributed by atoms with Crippen molar-refractivity contribution < 1.29 is 9.47 Å². The average Bonchev–Trinajstić information content (AvgIpc) is 2.61. The van der Waals surface area contributed by atoms with Gasteiger partial charge in [0.25, 0.3) is 0 Å². The fourth-order valence-corrected chi connectivity index (χ4v) is 2.57. The Balaban J connectivity index is 0.00000180. The zero-order valence-electron chi connectivity index (χ0n) is 12.0. The number of methoxy groups -OCH3 is 1. The molecule has 108 valence electrons. The Bertz CT molecular complexity index is 399. The summed E-state index contributed by atoms with van der Waals surface area (Å²) in [5, 5.41) is 0. The molecular weight excluding hydrogens is 262 g/mol. The van der Waals surface area contributed by atoms with E-state index in [9.17, 15) is 0 Å². The number of likely N-dealkylation sites (N-methyl/N-ethyl adjacent to an activating group) is 1. The van der Waals surface area contributed by atoms with E-state index in [1.54, 1.807) is 7.11 Å². The van der Waals surface area contributed by atoms with Crippen LogP contribution in [0.5, 0.6) is 5.75 Å². The summed E-state index contributed by atoms with van der Waals surface area (Å²) >= 11 is 0. The molecule has 1 saturated heterocycles. The first kappa shape index (κ1) is 16.3. The van der Waals surface area contributed by atoms with Crippen LogP contribution in [0, 0.1) is 0 Å². The monoisotopic (exact) mass is 285 g/mol. The van der Waals surface area contributed by atoms with Crippen LogP contribution in [-0.2, 0) is 10.3 Å². The normalized spacial score (nSPS) is 24.4. The summed E-state index contributed by atoms with van der Waals surface area (Å²) < 4.78 is 11.5. The molecule has 1 aliphatic heterocycles. The van der Waals surface area contributed by atoms with Crippen LogP contribution < -0.4 is 4.74 Å². The molecule has 3 nitrogen and oxygen atoms in total. The van der Waals surface area contributed by atoms with Crippen LogP contribution >= 0.6 is 12.4 Å². The van der Waals surface area contributed by atoms with Gasteiger partial charge in [0.2, 0.25) is 0 Å². The van der Waals surface area contributed by atoms with Gasteiger partial charge in [-0.25, -0.2) is 0 Å². The summed E-state index contributed by atoms with van der Waals surface area (Å²) in [5.41, 5.74) is 1.08. The van der Waals surface area contributed by atoms with Gasteiger partial charge in [-0.1, -0.05) is 19.1 Å². The molecule has 0 radical (unpaired) electrons. The zero-order chi connectivity index (χ0) is 13.0. The van der Waals surface area contributed by atoms with Crippen LogP contribution in [0.1, 0.15) is 25.3 Å². The van der Waals surface area contributed by atoms with E-state index in [-0.39, 0.29) is 18.0 Å². The summed E-state index contributed by atoms with van der Waals surface area (Å²) in [5.74, 6) is 0.904. The van der Waals surface area contributed by atoms with Crippen LogP contribution in [0.4, 0.5) is 0 Å². The van der Waals surface area contributed by atoms with E-state index < -0.39 is 0 Å². The minimum Gasteiger partial charge on any atom is -0.497 e. The molecule has 0 aromatic heterocycles. The highest BCUT2D eigenvalue weighted by molar-refractivity contribution is 5.85. The van der Waals surface area contributed by atoms with Crippen molar-refractivity contribution in [3.63, 3.8) is 0 Å². The highest BCUT2D eigenvalue weighted by Crippen LogP contribution is 2.36. The van der Waals surface area contributed by atoms with Gasteiger partial charge in [0.05, 0.1) is 19.3 Å². The molecule has 1 atom stereocenters. The van der Waals surface area contributed by atoms with Crippen molar-refractivity contribution in [1.29, 1.82) is 0 Å². The van der Waals surface area contributed by atoms with Gasteiger partial charge in [0.15, 0.2) is 0 Å². The third kappa shape index (κ3) is 3.62. The molecule has 0 amide bonds. The van der Waals surface area contributed by atoms with Gasteiger partial charge in [0, 0.05) is 13.1 Å². The zero-order valence-corrected chi connectivity index (χ0v) is 12.8. The Morgan fingerprint density at radius 1 is 1.37 bits per heavy atom. The SMILES string of the molecule is CCC1(c2cccc(OC)c2)CCN(C)CCO1.Cl. The van der Waals surface area contributed by atoms with Crippen LogP contribution in [-0.4, -0.2) is 38.8 Å². The minimum absolute atomic E-state index is 0. The van der Waals surface area contributed by atoms with Gasteiger partial charge in [-0.3, -0.25) is 0 Å². The summed E-state index contributed by atoms with van der Waals surface area (Å²) in [6.07, 6.45) is 2.03. The molecule has 0 aliphatic carbocycles. The van der Waals surface area contributed by atoms with E-state index in [1.165, 1.54) is 5.56 Å². The topological polar surface area (TPSA) is 21.7 Å². The van der Waals surface area contributed by atoms with Crippen molar-refractivity contribution in [2.75, 3.05) is 33.9 Å². The van der Waals surface area contributed by atoms with Gasteiger partial charge >= 0.3 is 0 Å². The lowest BCUT2D eigenvalue weighted by atomic mass is 9.87. The number of nitrogens with zero attached hydrogens (tertiary/aromatic N) is 1. The predicted octanol–water partition coefficient (Wildman–Crippen LogP) is 3.07. The maximum Gasteiger partial charge on any atom is 0.119 e. The van der Waals surface area contributed by atoms with Crippen molar-refractivity contribution in [1.82, 2.24) is 4.90 Å². The van der Waals surface area contributed by atoms with Crippen LogP contribution in [0.2, 0.25) is 0 Å². The van der Waals surface area contributed by atoms with E-state index in [1.807, 2.05) is 12.1 Å². The Kier molecular flexibility index (Phi) is 6.11. The van der Waals surface area contributed by atoms with Crippen molar-refractivity contribution in [2.24, 2.45) is 0 Å². The Labute approximate surface area is 122 Å². The molecule has 1 heterocycles. The number of hydrogen-bond acceptors (Lipinski definition) is 3. The second-order valence-electron chi connectivity index (χ2n) is 4.98. The second kappa shape index (κ2) is 7.13. The second-order valence-corrected chi connectivity index (χ2v) is 4.98. The lowest BCUT2D eigenvalue weighted by Crippen LogP contribution is -2.29. The molecular formula is C15H24ClNO2. The van der Waals surface area contributed by atoms with Crippen LogP contribution in [0.25, 0.3) is 0 Å². The number of hydrogen-bond donors (Lipinski definition) is 0. The van der Waals surface area contributed by atoms with Crippen molar-refractivity contribution in [3.05, 3.63) is 29.8 Å². The van der Waals surface area contributed by atoms with Crippen LogP contribution in [0.3, 0.4) is 0 Å². The number of benzene rings is 1. The summed E-state index contributed by atoms with van der Waals surface area (Å²) in [6, 6.07) is 8.28. The largest absolute Gasteiger partial charge is 0.497 e. The Morgan fingerprint density at radius 3 is 2.84 bits per heavy atom. The molecule has 19 heavy (non-hydrogen) atoms. The fourth-order valence-electron chi connectivity index (χ4n) is 2.57. The Hall–Kier alpha value is -0.770. The summed E-state index contributed by atoms with van der Waals surface area (Å²) in [4.78, 5) is 2.33. The van der Waals surface area contributed by atoms with Crippen molar-refractivity contribution >= 4 is 12.4 Å². The molecule has 0 saturated carbocycles. The standard InChI is InChI=1S/C15H23NO2.ClH/c1-4-15(8-9-16(2)10-11-18-15)13-6-5-7-14(12-13)17-3;/h5-7,12H,4,8-11H2,1-3H3;1H. The van der Waals surface area contributed by atoms with E-state index in [4.69, 9.17) is 9.47 Å². The van der Waals surface area contributed by atoms with E-state index in [0.29, 0.717) is 0 Å². The molecule has 0 spiro atoms. The minimum atomic E-state index is -0.153. The lowest BCUT2D eigenvalue weighted by molar-refractivity contribution is -0.0464. The fraction of sp³-hybridized carbons (Fsp3) is 0.600. The first-order chi connectivity index (χ1) is 8.70. The third-order valence-electron chi connectivity index (χ3n) is 3.92. The van der Waals surface area contributed by atoms with E-state index in [0.717, 1.165) is 38.3 Å². The molecule has 0 bridgehead atoms. The molecule has 1 unspecified atom stereocenters. The molecule has 1 aliphatic rings. The van der Waals surface area contributed by atoms with Gasteiger partial charge in [-0.15, -0.1) is 12.4 Å². The quantitative estimate of drug-likeness (QED) is 0.852. The van der Waals surface area contributed by atoms with Crippen LogP contribution in [0.15, 0.2) is 24.3 Å². The summed E-state index contributed by atoms with van der Waals surface area (Å²) in [6.45, 7) is 5.07. The highest BCUT2D eigenvalue weighted by Gasteiger charge is 2.33. The average molecular weight is 286 g/mol. The first-order valence-corrected chi connectivity index (χ1v) is 6.67. The van der Waals surface area contributed by atoms with Gasteiger partial charge < -0.3 is 14.4 Å². The van der Waals surface area contributed by atoms with E-state index >= 15 is 0 Å². The highest BCUT2D eigenvalue weighted by atomic mass is 35.5.